The van der Waals surface area contributed by atoms with E-state index in [1.165, 1.54) is 0 Å². The van der Waals surface area contributed by atoms with Crippen molar-refractivity contribution in [2.45, 2.75) is 13.0 Å². The van der Waals surface area contributed by atoms with Gasteiger partial charge in [0.25, 0.3) is 5.91 Å². The SMILES string of the molecule is NCCc1ccccc1C(=O)NCCn1cccc1. The summed E-state index contributed by atoms with van der Waals surface area (Å²) in [4.78, 5) is 12.1. The maximum absolute atomic E-state index is 12.1. The third-order valence-corrected chi connectivity index (χ3v) is 3.00. The zero-order chi connectivity index (χ0) is 13.5. The van der Waals surface area contributed by atoms with Crippen LogP contribution in [-0.4, -0.2) is 23.6 Å². The van der Waals surface area contributed by atoms with Crippen LogP contribution >= 0.6 is 0 Å². The molecule has 0 fully saturated rings. The summed E-state index contributed by atoms with van der Waals surface area (Å²) in [5.74, 6) is -0.0313. The van der Waals surface area contributed by atoms with E-state index in [1.807, 2.05) is 53.4 Å². The first kappa shape index (κ1) is 13.4. The molecule has 0 atom stereocenters. The Morgan fingerprint density at radius 1 is 1.16 bits per heavy atom. The van der Waals surface area contributed by atoms with Crippen molar-refractivity contribution in [2.75, 3.05) is 13.1 Å². The predicted molar refractivity (Wildman–Crippen MR) is 76.0 cm³/mol. The van der Waals surface area contributed by atoms with Crippen LogP contribution in [0, 0.1) is 0 Å². The fourth-order valence-corrected chi connectivity index (χ4v) is 2.03. The van der Waals surface area contributed by atoms with Gasteiger partial charge in [0.15, 0.2) is 0 Å². The number of amides is 1. The van der Waals surface area contributed by atoms with E-state index in [4.69, 9.17) is 5.73 Å². The molecule has 1 aromatic heterocycles. The fraction of sp³-hybridized carbons (Fsp3) is 0.267. The molecule has 1 amide bonds. The molecule has 2 aromatic rings. The highest BCUT2D eigenvalue weighted by Crippen LogP contribution is 2.08. The molecule has 0 aliphatic carbocycles. The Morgan fingerprint density at radius 3 is 2.63 bits per heavy atom. The Labute approximate surface area is 113 Å². The lowest BCUT2D eigenvalue weighted by Gasteiger charge is -2.10. The summed E-state index contributed by atoms with van der Waals surface area (Å²) < 4.78 is 2.03. The Balaban J connectivity index is 1.92. The Morgan fingerprint density at radius 2 is 1.89 bits per heavy atom. The predicted octanol–water partition coefficient (Wildman–Crippen LogP) is 1.42. The fourth-order valence-electron chi connectivity index (χ4n) is 2.03. The van der Waals surface area contributed by atoms with Crippen LogP contribution in [0.5, 0.6) is 0 Å². The quantitative estimate of drug-likeness (QED) is 0.822. The summed E-state index contributed by atoms with van der Waals surface area (Å²) >= 11 is 0. The lowest BCUT2D eigenvalue weighted by molar-refractivity contribution is 0.0951. The van der Waals surface area contributed by atoms with Gasteiger partial charge in [-0.25, -0.2) is 0 Å². The second-order valence-electron chi connectivity index (χ2n) is 4.37. The van der Waals surface area contributed by atoms with Gasteiger partial charge in [0, 0.05) is 31.0 Å². The molecule has 0 aliphatic heterocycles. The number of carbonyl (C=O) groups is 1. The smallest absolute Gasteiger partial charge is 0.251 e. The molecule has 4 heteroatoms. The average molecular weight is 257 g/mol. The first-order valence-electron chi connectivity index (χ1n) is 6.48. The van der Waals surface area contributed by atoms with E-state index in [9.17, 15) is 4.79 Å². The summed E-state index contributed by atoms with van der Waals surface area (Å²) in [6.45, 7) is 1.94. The van der Waals surface area contributed by atoms with Gasteiger partial charge >= 0.3 is 0 Å². The van der Waals surface area contributed by atoms with Gasteiger partial charge in [0.1, 0.15) is 0 Å². The summed E-state index contributed by atoms with van der Waals surface area (Å²) in [5, 5.41) is 2.94. The second kappa shape index (κ2) is 6.75. The third kappa shape index (κ3) is 3.69. The Bertz CT molecular complexity index is 520. The van der Waals surface area contributed by atoms with E-state index >= 15 is 0 Å². The van der Waals surface area contributed by atoms with Crippen LogP contribution in [-0.2, 0) is 13.0 Å². The van der Waals surface area contributed by atoms with Crippen molar-refractivity contribution in [3.8, 4) is 0 Å². The van der Waals surface area contributed by atoms with E-state index < -0.39 is 0 Å². The van der Waals surface area contributed by atoms with Crippen molar-refractivity contribution in [3.05, 3.63) is 59.9 Å². The number of hydrogen-bond acceptors (Lipinski definition) is 2. The lowest BCUT2D eigenvalue weighted by atomic mass is 10.0. The summed E-state index contributed by atoms with van der Waals surface area (Å²) in [6.07, 6.45) is 4.68. The molecule has 0 radical (unpaired) electrons. The third-order valence-electron chi connectivity index (χ3n) is 3.00. The molecule has 0 saturated carbocycles. The Kier molecular flexibility index (Phi) is 4.75. The molecule has 100 valence electrons. The summed E-state index contributed by atoms with van der Waals surface area (Å²) in [5.41, 5.74) is 7.28. The molecule has 0 spiro atoms. The molecule has 1 aromatic carbocycles. The van der Waals surface area contributed by atoms with Crippen LogP contribution in [0.25, 0.3) is 0 Å². The second-order valence-corrected chi connectivity index (χ2v) is 4.37. The lowest BCUT2D eigenvalue weighted by Crippen LogP contribution is -2.28. The van der Waals surface area contributed by atoms with Gasteiger partial charge in [0.05, 0.1) is 0 Å². The molecule has 0 saturated heterocycles. The number of nitrogens with zero attached hydrogens (tertiary/aromatic N) is 1. The van der Waals surface area contributed by atoms with E-state index in [0.717, 1.165) is 24.1 Å². The maximum Gasteiger partial charge on any atom is 0.251 e. The molecule has 0 aliphatic rings. The van der Waals surface area contributed by atoms with Gasteiger partial charge in [-0.05, 0) is 36.7 Å². The maximum atomic E-state index is 12.1. The van der Waals surface area contributed by atoms with Crippen LogP contribution in [0.2, 0.25) is 0 Å². The van der Waals surface area contributed by atoms with Crippen molar-refractivity contribution in [1.29, 1.82) is 0 Å². The van der Waals surface area contributed by atoms with E-state index in [0.29, 0.717) is 13.1 Å². The van der Waals surface area contributed by atoms with Crippen molar-refractivity contribution in [1.82, 2.24) is 9.88 Å². The molecule has 3 N–H and O–H groups in total. The minimum atomic E-state index is -0.0313. The van der Waals surface area contributed by atoms with Crippen LogP contribution in [0.1, 0.15) is 15.9 Å². The van der Waals surface area contributed by atoms with Crippen molar-refractivity contribution >= 4 is 5.91 Å². The summed E-state index contributed by atoms with van der Waals surface area (Å²) in [6, 6.07) is 11.5. The van der Waals surface area contributed by atoms with Gasteiger partial charge in [-0.3, -0.25) is 4.79 Å². The number of nitrogens with two attached hydrogens (primary N) is 1. The number of hydrogen-bond donors (Lipinski definition) is 2. The number of aromatic nitrogens is 1. The van der Waals surface area contributed by atoms with Gasteiger partial charge in [-0.2, -0.15) is 0 Å². The van der Waals surface area contributed by atoms with Crippen LogP contribution in [0.4, 0.5) is 0 Å². The minimum Gasteiger partial charge on any atom is -0.353 e. The van der Waals surface area contributed by atoms with Crippen molar-refractivity contribution in [3.63, 3.8) is 0 Å². The zero-order valence-corrected chi connectivity index (χ0v) is 10.9. The van der Waals surface area contributed by atoms with E-state index in [2.05, 4.69) is 5.32 Å². The largest absolute Gasteiger partial charge is 0.353 e. The highest BCUT2D eigenvalue weighted by atomic mass is 16.1. The summed E-state index contributed by atoms with van der Waals surface area (Å²) in [7, 11) is 0. The van der Waals surface area contributed by atoms with Crippen molar-refractivity contribution in [2.24, 2.45) is 5.73 Å². The molecule has 4 nitrogen and oxygen atoms in total. The monoisotopic (exact) mass is 257 g/mol. The first-order chi connectivity index (χ1) is 9.31. The average Bonchev–Trinajstić information content (AvgIpc) is 2.93. The molecule has 0 bridgehead atoms. The van der Waals surface area contributed by atoms with Crippen molar-refractivity contribution < 1.29 is 4.79 Å². The molecule has 19 heavy (non-hydrogen) atoms. The normalized spacial score (nSPS) is 10.4. The highest BCUT2D eigenvalue weighted by molar-refractivity contribution is 5.95. The van der Waals surface area contributed by atoms with Gasteiger partial charge in [-0.15, -0.1) is 0 Å². The van der Waals surface area contributed by atoms with E-state index in [1.54, 1.807) is 0 Å². The standard InChI is InChI=1S/C15H19N3O/c16-8-7-13-5-1-2-6-14(13)15(19)17-9-12-18-10-3-4-11-18/h1-6,10-11H,7-9,12,16H2,(H,17,19). The molecular weight excluding hydrogens is 238 g/mol. The van der Waals surface area contributed by atoms with Crippen LogP contribution < -0.4 is 11.1 Å². The molecule has 0 unspecified atom stereocenters. The first-order valence-corrected chi connectivity index (χ1v) is 6.48. The van der Waals surface area contributed by atoms with Crippen LogP contribution in [0.3, 0.4) is 0 Å². The zero-order valence-electron chi connectivity index (χ0n) is 10.9. The van der Waals surface area contributed by atoms with Gasteiger partial charge in [0.2, 0.25) is 0 Å². The number of rotatable bonds is 6. The van der Waals surface area contributed by atoms with Gasteiger partial charge in [-0.1, -0.05) is 18.2 Å². The number of carbonyl (C=O) groups excluding carboxylic acids is 1. The topological polar surface area (TPSA) is 60.1 Å². The van der Waals surface area contributed by atoms with Crippen LogP contribution in [0.15, 0.2) is 48.8 Å². The van der Waals surface area contributed by atoms with Gasteiger partial charge < -0.3 is 15.6 Å². The molecule has 1 heterocycles. The highest BCUT2D eigenvalue weighted by Gasteiger charge is 2.09. The molecule has 2 rings (SSSR count). The molecular formula is C15H19N3O. The number of nitrogens with one attached hydrogen (secondary N) is 1. The Hall–Kier alpha value is -2.07. The number of benzene rings is 1. The minimum absolute atomic E-state index is 0.0313. The van der Waals surface area contributed by atoms with E-state index in [-0.39, 0.29) is 5.91 Å².